The summed E-state index contributed by atoms with van der Waals surface area (Å²) in [5.74, 6) is 2.06. The predicted molar refractivity (Wildman–Crippen MR) is 80.0 cm³/mol. The second-order valence-electron chi connectivity index (χ2n) is 5.46. The van der Waals surface area contributed by atoms with Crippen molar-refractivity contribution in [3.05, 3.63) is 27.8 Å². The van der Waals surface area contributed by atoms with Gasteiger partial charge in [0, 0.05) is 17.8 Å². The van der Waals surface area contributed by atoms with Crippen molar-refractivity contribution >= 4 is 11.3 Å². The molecule has 0 bridgehead atoms. The third kappa shape index (κ3) is 4.38. The van der Waals surface area contributed by atoms with Crippen LogP contribution in [0.5, 0.6) is 0 Å². The zero-order chi connectivity index (χ0) is 14.5. The third-order valence-electron chi connectivity index (χ3n) is 3.10. The molecule has 2 rings (SSSR count). The fourth-order valence-corrected chi connectivity index (χ4v) is 2.79. The lowest BCUT2D eigenvalue weighted by Gasteiger charge is -2.15. The maximum atomic E-state index is 5.33. The number of nitrogens with one attached hydrogen (secondary N) is 1. The second kappa shape index (κ2) is 6.95. The van der Waals surface area contributed by atoms with Gasteiger partial charge in [0.2, 0.25) is 5.89 Å². The van der Waals surface area contributed by atoms with Gasteiger partial charge in [0.15, 0.2) is 5.82 Å². The maximum Gasteiger partial charge on any atom is 0.228 e. The molecular formula is C14H22N4OS. The van der Waals surface area contributed by atoms with Crippen LogP contribution in [0.2, 0.25) is 0 Å². The highest BCUT2D eigenvalue weighted by molar-refractivity contribution is 7.09. The van der Waals surface area contributed by atoms with Gasteiger partial charge in [0.1, 0.15) is 0 Å². The predicted octanol–water partition coefficient (Wildman–Crippen LogP) is 2.60. The van der Waals surface area contributed by atoms with E-state index in [9.17, 15) is 0 Å². The highest BCUT2D eigenvalue weighted by Gasteiger charge is 2.15. The molecular weight excluding hydrogens is 272 g/mol. The monoisotopic (exact) mass is 294 g/mol. The molecule has 0 fully saturated rings. The number of hydrogen-bond acceptors (Lipinski definition) is 6. The Morgan fingerprint density at radius 1 is 1.35 bits per heavy atom. The van der Waals surface area contributed by atoms with Crippen molar-refractivity contribution < 1.29 is 4.52 Å². The van der Waals surface area contributed by atoms with Crippen molar-refractivity contribution in [1.82, 2.24) is 20.4 Å². The van der Waals surface area contributed by atoms with Gasteiger partial charge in [-0.3, -0.25) is 0 Å². The topological polar surface area (TPSA) is 63.8 Å². The minimum absolute atomic E-state index is 0.379. The van der Waals surface area contributed by atoms with E-state index in [1.54, 1.807) is 11.3 Å². The highest BCUT2D eigenvalue weighted by atomic mass is 32.1. The van der Waals surface area contributed by atoms with Gasteiger partial charge in [-0.15, -0.1) is 11.3 Å². The van der Waals surface area contributed by atoms with Gasteiger partial charge in [-0.2, -0.15) is 4.98 Å². The summed E-state index contributed by atoms with van der Waals surface area (Å²) >= 11 is 1.64. The summed E-state index contributed by atoms with van der Waals surface area (Å²) in [6, 6.07) is 0.379. The average Bonchev–Trinajstić information content (AvgIpc) is 2.98. The van der Waals surface area contributed by atoms with Crippen LogP contribution in [0.3, 0.4) is 0 Å². The molecule has 20 heavy (non-hydrogen) atoms. The molecule has 1 atom stereocenters. The first-order chi connectivity index (χ1) is 9.56. The molecule has 0 spiro atoms. The number of likely N-dealkylation sites (N-methyl/N-ethyl adjacent to an activating group) is 1. The van der Waals surface area contributed by atoms with Gasteiger partial charge in [0.05, 0.1) is 17.1 Å². The van der Waals surface area contributed by atoms with Crippen molar-refractivity contribution in [2.24, 2.45) is 5.92 Å². The lowest BCUT2D eigenvalue weighted by Crippen LogP contribution is -2.29. The molecule has 0 aliphatic carbocycles. The average molecular weight is 294 g/mol. The molecule has 0 radical (unpaired) electrons. The normalized spacial score (nSPS) is 13.1. The molecule has 0 saturated carbocycles. The van der Waals surface area contributed by atoms with Gasteiger partial charge in [-0.1, -0.05) is 19.0 Å². The van der Waals surface area contributed by atoms with Gasteiger partial charge < -0.3 is 9.84 Å². The summed E-state index contributed by atoms with van der Waals surface area (Å²) in [4.78, 5) is 8.87. The molecule has 110 valence electrons. The van der Waals surface area contributed by atoms with Crippen molar-refractivity contribution in [3.8, 4) is 0 Å². The molecule has 1 N–H and O–H groups in total. The van der Waals surface area contributed by atoms with Crippen LogP contribution in [0, 0.1) is 12.8 Å². The summed E-state index contributed by atoms with van der Waals surface area (Å²) in [5.41, 5.74) is 1.01. The van der Waals surface area contributed by atoms with Crippen molar-refractivity contribution in [1.29, 1.82) is 0 Å². The Labute approximate surface area is 123 Å². The molecule has 0 amide bonds. The van der Waals surface area contributed by atoms with E-state index in [0.29, 0.717) is 30.1 Å². The van der Waals surface area contributed by atoms with E-state index in [1.807, 2.05) is 19.4 Å². The lowest BCUT2D eigenvalue weighted by atomic mass is 10.0. The first kappa shape index (κ1) is 15.1. The Hall–Kier alpha value is -1.27. The van der Waals surface area contributed by atoms with Crippen molar-refractivity contribution in [2.75, 3.05) is 7.05 Å². The molecule has 6 heteroatoms. The first-order valence-electron chi connectivity index (χ1n) is 6.96. The van der Waals surface area contributed by atoms with E-state index in [-0.39, 0.29) is 0 Å². The van der Waals surface area contributed by atoms with E-state index < -0.39 is 0 Å². The fraction of sp³-hybridized carbons (Fsp3) is 0.643. The van der Waals surface area contributed by atoms with Crippen LogP contribution in [0.4, 0.5) is 0 Å². The molecule has 0 saturated heterocycles. The van der Waals surface area contributed by atoms with Crippen molar-refractivity contribution in [3.63, 3.8) is 0 Å². The van der Waals surface area contributed by atoms with Crippen LogP contribution in [0.1, 0.15) is 42.7 Å². The minimum atomic E-state index is 0.379. The molecule has 1 unspecified atom stereocenters. The molecule has 0 aromatic carbocycles. The van der Waals surface area contributed by atoms with Crippen LogP contribution < -0.4 is 5.32 Å². The van der Waals surface area contributed by atoms with E-state index in [2.05, 4.69) is 34.3 Å². The SMILES string of the molecule is CNC(Cc1nc(Cc2csc(C)n2)no1)CC(C)C. The summed E-state index contributed by atoms with van der Waals surface area (Å²) in [6.07, 6.45) is 2.51. The molecule has 2 heterocycles. The Morgan fingerprint density at radius 3 is 2.75 bits per heavy atom. The number of nitrogens with zero attached hydrogens (tertiary/aromatic N) is 3. The number of rotatable bonds is 7. The summed E-state index contributed by atoms with van der Waals surface area (Å²) < 4.78 is 5.33. The van der Waals surface area contributed by atoms with Crippen LogP contribution in [0.25, 0.3) is 0 Å². The minimum Gasteiger partial charge on any atom is -0.339 e. The largest absolute Gasteiger partial charge is 0.339 e. The van der Waals surface area contributed by atoms with Crippen LogP contribution >= 0.6 is 11.3 Å². The lowest BCUT2D eigenvalue weighted by molar-refractivity contribution is 0.342. The Morgan fingerprint density at radius 2 is 2.15 bits per heavy atom. The van der Waals surface area contributed by atoms with Gasteiger partial charge >= 0.3 is 0 Å². The molecule has 2 aromatic heterocycles. The summed E-state index contributed by atoms with van der Waals surface area (Å²) in [5, 5.41) is 10.5. The standard InChI is InChI=1S/C14H22N4OS/c1-9(2)5-11(15-4)7-14-17-13(18-19-14)6-12-8-20-10(3)16-12/h8-9,11,15H,5-7H2,1-4H3. The Bertz CT molecular complexity index is 535. The van der Waals surface area contributed by atoms with Gasteiger partial charge in [-0.05, 0) is 26.3 Å². The Kier molecular flexibility index (Phi) is 5.25. The first-order valence-corrected chi connectivity index (χ1v) is 7.84. The summed E-state index contributed by atoms with van der Waals surface area (Å²) in [7, 11) is 1.97. The van der Waals surface area contributed by atoms with E-state index in [0.717, 1.165) is 23.5 Å². The molecule has 5 nitrogen and oxygen atoms in total. The molecule has 2 aromatic rings. The number of thiazole rings is 1. The zero-order valence-electron chi connectivity index (χ0n) is 12.5. The van der Waals surface area contributed by atoms with Crippen LogP contribution in [-0.2, 0) is 12.8 Å². The van der Waals surface area contributed by atoms with Crippen LogP contribution in [0.15, 0.2) is 9.90 Å². The van der Waals surface area contributed by atoms with Crippen molar-refractivity contribution in [2.45, 2.75) is 46.1 Å². The van der Waals surface area contributed by atoms with E-state index >= 15 is 0 Å². The summed E-state index contributed by atoms with van der Waals surface area (Å²) in [6.45, 7) is 6.43. The van der Waals surface area contributed by atoms with Gasteiger partial charge in [0.25, 0.3) is 0 Å². The maximum absolute atomic E-state index is 5.33. The fourth-order valence-electron chi connectivity index (χ4n) is 2.18. The number of aromatic nitrogens is 3. The quantitative estimate of drug-likeness (QED) is 0.850. The highest BCUT2D eigenvalue weighted by Crippen LogP contribution is 2.13. The van der Waals surface area contributed by atoms with E-state index in [4.69, 9.17) is 4.52 Å². The zero-order valence-corrected chi connectivity index (χ0v) is 13.3. The molecule has 0 aliphatic heterocycles. The second-order valence-corrected chi connectivity index (χ2v) is 6.52. The van der Waals surface area contributed by atoms with Gasteiger partial charge in [-0.25, -0.2) is 4.98 Å². The van der Waals surface area contributed by atoms with Crippen LogP contribution in [-0.4, -0.2) is 28.2 Å². The molecule has 0 aliphatic rings. The number of hydrogen-bond donors (Lipinski definition) is 1. The third-order valence-corrected chi connectivity index (χ3v) is 3.92. The van der Waals surface area contributed by atoms with E-state index in [1.165, 1.54) is 0 Å². The number of aryl methyl sites for hydroxylation is 1. The smallest absolute Gasteiger partial charge is 0.228 e. The Balaban J connectivity index is 1.94.